The number of carbonyl (C=O) groups excluding carboxylic acids is 1. The largest absolute Gasteiger partial charge is 0.334 e. The molecular formula is C10H8FN3O3S. The van der Waals surface area contributed by atoms with Crippen molar-refractivity contribution in [3.05, 3.63) is 42.2 Å². The molecule has 94 valence electrons. The molecule has 8 heteroatoms. The highest BCUT2D eigenvalue weighted by molar-refractivity contribution is 7.86. The topological polar surface area (TPSA) is 91.9 Å². The molecule has 0 aliphatic carbocycles. The maximum Gasteiger partial charge on any atom is 0.334 e. The number of halogens is 1. The molecule has 18 heavy (non-hydrogen) atoms. The molecule has 0 saturated carbocycles. The third-order valence-electron chi connectivity index (χ3n) is 2.16. The van der Waals surface area contributed by atoms with Gasteiger partial charge in [0.05, 0.1) is 17.4 Å². The highest BCUT2D eigenvalue weighted by atomic mass is 32.3. The highest BCUT2D eigenvalue weighted by Crippen LogP contribution is 2.23. The lowest BCUT2D eigenvalue weighted by Gasteiger charge is -2.06. The molecule has 0 saturated heterocycles. The van der Waals surface area contributed by atoms with Crippen LogP contribution in [0.2, 0.25) is 0 Å². The molecule has 0 aliphatic rings. The Morgan fingerprint density at radius 3 is 2.67 bits per heavy atom. The molecular weight excluding hydrogens is 261 g/mol. The summed E-state index contributed by atoms with van der Waals surface area (Å²) in [7, 11) is -4.89. The molecule has 2 aromatic rings. The molecule has 2 N–H and O–H groups in total. The Hall–Kier alpha value is -2.22. The molecule has 0 aliphatic heterocycles. The van der Waals surface area contributed by atoms with E-state index >= 15 is 0 Å². The van der Waals surface area contributed by atoms with Crippen LogP contribution in [0.5, 0.6) is 0 Å². The molecule has 2 rings (SSSR count). The van der Waals surface area contributed by atoms with Gasteiger partial charge in [-0.1, -0.05) is 12.1 Å². The van der Waals surface area contributed by atoms with Crippen molar-refractivity contribution >= 4 is 21.8 Å². The van der Waals surface area contributed by atoms with Crippen molar-refractivity contribution < 1.29 is 17.1 Å². The van der Waals surface area contributed by atoms with E-state index in [-0.39, 0.29) is 11.3 Å². The van der Waals surface area contributed by atoms with E-state index < -0.39 is 21.0 Å². The predicted molar refractivity (Wildman–Crippen MR) is 61.3 cm³/mol. The van der Waals surface area contributed by atoms with E-state index in [0.717, 1.165) is 6.07 Å². The number of anilines is 1. The number of carbonyl (C=O) groups is 1. The van der Waals surface area contributed by atoms with Crippen molar-refractivity contribution in [1.82, 2.24) is 10.2 Å². The van der Waals surface area contributed by atoms with Crippen LogP contribution in [0.3, 0.4) is 0 Å². The summed E-state index contributed by atoms with van der Waals surface area (Å²) >= 11 is 0. The third kappa shape index (κ3) is 2.54. The maximum atomic E-state index is 13.0. The van der Waals surface area contributed by atoms with E-state index in [0.29, 0.717) is 0 Å². The maximum absolute atomic E-state index is 13.0. The fourth-order valence-electron chi connectivity index (χ4n) is 1.35. The van der Waals surface area contributed by atoms with Gasteiger partial charge in [-0.3, -0.25) is 9.89 Å². The SMILES string of the molecule is O=C(Nc1ccccc1S(=O)(=O)F)c1cn[nH]c1. The molecule has 0 unspecified atom stereocenters. The minimum atomic E-state index is -4.89. The van der Waals surface area contributed by atoms with Gasteiger partial charge in [-0.15, -0.1) is 3.89 Å². The van der Waals surface area contributed by atoms with Crippen molar-refractivity contribution in [2.24, 2.45) is 0 Å². The van der Waals surface area contributed by atoms with E-state index in [2.05, 4.69) is 15.5 Å². The standard InChI is InChI=1S/C10H8FN3O3S/c11-18(16,17)9-4-2-1-3-8(9)14-10(15)7-5-12-13-6-7/h1-6H,(H,12,13)(H,14,15). The summed E-state index contributed by atoms with van der Waals surface area (Å²) in [4.78, 5) is 11.1. The monoisotopic (exact) mass is 269 g/mol. The zero-order valence-corrected chi connectivity index (χ0v) is 9.74. The number of nitrogens with one attached hydrogen (secondary N) is 2. The van der Waals surface area contributed by atoms with Crippen molar-refractivity contribution in [2.45, 2.75) is 4.90 Å². The summed E-state index contributed by atoms with van der Waals surface area (Å²) in [5, 5.41) is 8.32. The number of hydrogen-bond acceptors (Lipinski definition) is 4. The second-order valence-electron chi connectivity index (χ2n) is 3.38. The number of aromatic nitrogens is 2. The van der Waals surface area contributed by atoms with Gasteiger partial charge in [-0.25, -0.2) is 0 Å². The number of para-hydroxylation sites is 1. The number of nitrogens with zero attached hydrogens (tertiary/aromatic N) is 1. The minimum Gasteiger partial charge on any atom is -0.321 e. The van der Waals surface area contributed by atoms with E-state index in [1.807, 2.05) is 0 Å². The molecule has 1 aromatic carbocycles. The van der Waals surface area contributed by atoms with Crippen LogP contribution < -0.4 is 5.32 Å². The van der Waals surface area contributed by atoms with Gasteiger partial charge in [0.25, 0.3) is 5.91 Å². The molecule has 1 aromatic heterocycles. The second kappa shape index (κ2) is 4.57. The zero-order chi connectivity index (χ0) is 13.2. The average molecular weight is 269 g/mol. The lowest BCUT2D eigenvalue weighted by atomic mass is 10.3. The molecule has 1 amide bonds. The Morgan fingerprint density at radius 2 is 2.06 bits per heavy atom. The summed E-state index contributed by atoms with van der Waals surface area (Å²) in [6.07, 6.45) is 2.60. The highest BCUT2D eigenvalue weighted by Gasteiger charge is 2.18. The van der Waals surface area contributed by atoms with Gasteiger partial charge in [0.2, 0.25) is 0 Å². The summed E-state index contributed by atoms with van der Waals surface area (Å²) in [6, 6.07) is 5.21. The molecule has 0 radical (unpaired) electrons. The van der Waals surface area contributed by atoms with Crippen LogP contribution in [-0.2, 0) is 10.2 Å². The number of H-pyrrole nitrogens is 1. The fraction of sp³-hybridized carbons (Fsp3) is 0. The minimum absolute atomic E-state index is 0.119. The van der Waals surface area contributed by atoms with Crippen molar-refractivity contribution in [3.8, 4) is 0 Å². The molecule has 0 spiro atoms. The number of hydrogen-bond donors (Lipinski definition) is 2. The molecule has 0 atom stereocenters. The van der Waals surface area contributed by atoms with Gasteiger partial charge < -0.3 is 5.32 Å². The zero-order valence-electron chi connectivity index (χ0n) is 8.92. The summed E-state index contributed by atoms with van der Waals surface area (Å²) < 4.78 is 34.7. The van der Waals surface area contributed by atoms with Gasteiger partial charge in [0.15, 0.2) is 0 Å². The van der Waals surface area contributed by atoms with Gasteiger partial charge >= 0.3 is 10.2 Å². The van der Waals surface area contributed by atoms with Gasteiger partial charge in [0, 0.05) is 6.20 Å². The number of aromatic amines is 1. The Kier molecular flexibility index (Phi) is 3.11. The van der Waals surface area contributed by atoms with Gasteiger partial charge in [0.1, 0.15) is 4.90 Å². The van der Waals surface area contributed by atoms with Crippen LogP contribution in [0.25, 0.3) is 0 Å². The molecule has 6 nitrogen and oxygen atoms in total. The third-order valence-corrected chi connectivity index (χ3v) is 3.04. The predicted octanol–water partition coefficient (Wildman–Crippen LogP) is 1.32. The summed E-state index contributed by atoms with van der Waals surface area (Å²) in [5.74, 6) is -0.583. The van der Waals surface area contributed by atoms with E-state index in [9.17, 15) is 17.1 Å². The second-order valence-corrected chi connectivity index (χ2v) is 4.69. The average Bonchev–Trinajstić information content (AvgIpc) is 2.81. The van der Waals surface area contributed by atoms with Crippen LogP contribution in [0.15, 0.2) is 41.6 Å². The number of benzene rings is 1. The molecule has 1 heterocycles. The normalized spacial score (nSPS) is 11.2. The Morgan fingerprint density at radius 1 is 1.33 bits per heavy atom. The fourth-order valence-corrected chi connectivity index (χ4v) is 1.97. The van der Waals surface area contributed by atoms with Crippen LogP contribution in [0, 0.1) is 0 Å². The number of rotatable bonds is 3. The summed E-state index contributed by atoms with van der Waals surface area (Å²) in [6.45, 7) is 0. The van der Waals surface area contributed by atoms with Crippen LogP contribution in [0.4, 0.5) is 9.57 Å². The number of amides is 1. The lowest BCUT2D eigenvalue weighted by Crippen LogP contribution is -2.13. The van der Waals surface area contributed by atoms with Crippen molar-refractivity contribution in [1.29, 1.82) is 0 Å². The first-order valence-electron chi connectivity index (χ1n) is 4.82. The first kappa shape index (κ1) is 12.2. The van der Waals surface area contributed by atoms with Crippen molar-refractivity contribution in [2.75, 3.05) is 5.32 Å². The Labute approximate surface area is 102 Å². The van der Waals surface area contributed by atoms with Crippen LogP contribution in [-0.4, -0.2) is 24.5 Å². The van der Waals surface area contributed by atoms with Crippen LogP contribution in [0.1, 0.15) is 10.4 Å². The Bertz CT molecular complexity index is 667. The Balaban J connectivity index is 2.33. The smallest absolute Gasteiger partial charge is 0.321 e. The first-order valence-corrected chi connectivity index (χ1v) is 6.20. The van der Waals surface area contributed by atoms with E-state index in [4.69, 9.17) is 0 Å². The van der Waals surface area contributed by atoms with E-state index in [1.54, 1.807) is 0 Å². The van der Waals surface area contributed by atoms with Crippen molar-refractivity contribution in [3.63, 3.8) is 0 Å². The first-order chi connectivity index (χ1) is 8.48. The van der Waals surface area contributed by atoms with Gasteiger partial charge in [-0.05, 0) is 12.1 Å². The summed E-state index contributed by atoms with van der Waals surface area (Å²) in [5.41, 5.74) is 0.0901. The van der Waals surface area contributed by atoms with Crippen LogP contribution >= 0.6 is 0 Å². The molecule has 0 fully saturated rings. The quantitative estimate of drug-likeness (QED) is 0.822. The lowest BCUT2D eigenvalue weighted by molar-refractivity contribution is 0.102. The van der Waals surface area contributed by atoms with E-state index in [1.165, 1.54) is 30.6 Å². The van der Waals surface area contributed by atoms with Gasteiger partial charge in [-0.2, -0.15) is 13.5 Å². The molecule has 0 bridgehead atoms.